The second kappa shape index (κ2) is 13.2. The van der Waals surface area contributed by atoms with Crippen LogP contribution in [0.25, 0.3) is 0 Å². The summed E-state index contributed by atoms with van der Waals surface area (Å²) in [6.45, 7) is 11.0. The zero-order chi connectivity index (χ0) is 30.4. The Morgan fingerprint density at radius 3 is 1.98 bits per heavy atom. The highest BCUT2D eigenvalue weighted by Gasteiger charge is 2.33. The summed E-state index contributed by atoms with van der Waals surface area (Å²) in [7, 11) is -2.54. The zero-order valence-corrected chi connectivity index (χ0v) is 25.7. The van der Waals surface area contributed by atoms with E-state index in [1.54, 1.807) is 56.5 Å². The molecule has 3 rings (SSSR count). The summed E-state index contributed by atoms with van der Waals surface area (Å²) in [5.41, 5.74) is 1.67. The number of methoxy groups -OCH3 is 1. The number of hydrogen-bond donors (Lipinski definition) is 1. The molecule has 2 amide bonds. The van der Waals surface area contributed by atoms with Crippen molar-refractivity contribution in [2.45, 2.75) is 70.5 Å². The van der Waals surface area contributed by atoms with E-state index in [1.165, 1.54) is 17.0 Å². The van der Waals surface area contributed by atoms with E-state index in [2.05, 4.69) is 19.2 Å². The van der Waals surface area contributed by atoms with Crippen LogP contribution in [0.5, 0.6) is 5.75 Å². The minimum absolute atomic E-state index is 0.0703. The van der Waals surface area contributed by atoms with Crippen LogP contribution >= 0.6 is 0 Å². The van der Waals surface area contributed by atoms with Gasteiger partial charge in [-0.2, -0.15) is 0 Å². The van der Waals surface area contributed by atoms with E-state index in [9.17, 15) is 18.0 Å². The molecule has 0 heterocycles. The molecule has 0 aliphatic heterocycles. The first-order valence-corrected chi connectivity index (χ1v) is 15.1. The van der Waals surface area contributed by atoms with Crippen LogP contribution in [0, 0.1) is 0 Å². The number of anilines is 1. The molecule has 3 aromatic carbocycles. The van der Waals surface area contributed by atoms with Gasteiger partial charge < -0.3 is 15.0 Å². The summed E-state index contributed by atoms with van der Waals surface area (Å²) >= 11 is 0. The molecular formula is C32H41N3O5S. The van der Waals surface area contributed by atoms with E-state index < -0.39 is 34.1 Å². The van der Waals surface area contributed by atoms with Gasteiger partial charge in [-0.25, -0.2) is 8.42 Å². The van der Waals surface area contributed by atoms with Crippen molar-refractivity contribution in [2.24, 2.45) is 0 Å². The summed E-state index contributed by atoms with van der Waals surface area (Å²) in [5.74, 6) is 0.0742. The number of ether oxygens (including phenoxy) is 1. The van der Waals surface area contributed by atoms with Gasteiger partial charge in [-0.3, -0.25) is 13.9 Å². The molecule has 0 aliphatic rings. The average molecular weight is 580 g/mol. The largest absolute Gasteiger partial charge is 0.497 e. The molecule has 1 atom stereocenters. The normalized spacial score (nSPS) is 12.5. The van der Waals surface area contributed by atoms with Gasteiger partial charge in [0, 0.05) is 12.1 Å². The van der Waals surface area contributed by atoms with Gasteiger partial charge in [0.2, 0.25) is 11.8 Å². The van der Waals surface area contributed by atoms with Gasteiger partial charge in [0.1, 0.15) is 18.3 Å². The number of nitrogens with one attached hydrogen (secondary N) is 1. The maximum atomic E-state index is 14.0. The summed E-state index contributed by atoms with van der Waals surface area (Å²) in [6, 6.07) is 21.5. The van der Waals surface area contributed by atoms with Crippen LogP contribution in [0.4, 0.5) is 5.69 Å². The maximum Gasteiger partial charge on any atom is 0.264 e. The lowest BCUT2D eigenvalue weighted by Crippen LogP contribution is -2.54. The van der Waals surface area contributed by atoms with Crippen molar-refractivity contribution in [2.75, 3.05) is 18.0 Å². The van der Waals surface area contributed by atoms with Gasteiger partial charge in [0.25, 0.3) is 10.0 Å². The molecule has 0 aliphatic carbocycles. The standard InChI is InChI=1S/C32H41N3O5S/c1-23(2)26-15-17-27(18-16-26)35(41(38,39)29-11-9-8-10-12-29)22-30(36)34(24(3)31(37)33-32(4,5)6)21-25-13-19-28(40-7)20-14-25/h8-20,23-24H,21-22H2,1-7H3,(H,33,37)/t24-/m1/s1. The van der Waals surface area contributed by atoms with Crippen LogP contribution in [0.3, 0.4) is 0 Å². The van der Waals surface area contributed by atoms with Crippen molar-refractivity contribution in [3.05, 3.63) is 90.0 Å². The highest BCUT2D eigenvalue weighted by molar-refractivity contribution is 7.92. The molecule has 8 nitrogen and oxygen atoms in total. The van der Waals surface area contributed by atoms with Crippen LogP contribution in [-0.2, 0) is 26.2 Å². The minimum Gasteiger partial charge on any atom is -0.497 e. The van der Waals surface area contributed by atoms with Crippen molar-refractivity contribution in [3.63, 3.8) is 0 Å². The minimum atomic E-state index is -4.10. The number of nitrogens with zero attached hydrogens (tertiary/aromatic N) is 2. The SMILES string of the molecule is COc1ccc(CN(C(=O)CN(c2ccc(C(C)C)cc2)S(=O)(=O)c2ccccc2)[C@H](C)C(=O)NC(C)(C)C)cc1. The number of amides is 2. The lowest BCUT2D eigenvalue weighted by molar-refractivity contribution is -0.140. The Kier molecular flexibility index (Phi) is 10.2. The molecular weight excluding hydrogens is 538 g/mol. The molecule has 3 aromatic rings. The Hall–Kier alpha value is -3.85. The Bertz CT molecular complexity index is 1410. The lowest BCUT2D eigenvalue weighted by Gasteiger charge is -2.33. The fourth-order valence-electron chi connectivity index (χ4n) is 4.26. The predicted molar refractivity (Wildman–Crippen MR) is 162 cm³/mol. The highest BCUT2D eigenvalue weighted by Crippen LogP contribution is 2.27. The quantitative estimate of drug-likeness (QED) is 0.331. The maximum absolute atomic E-state index is 14.0. The molecule has 41 heavy (non-hydrogen) atoms. The first-order valence-electron chi connectivity index (χ1n) is 13.6. The van der Waals surface area contributed by atoms with Crippen molar-refractivity contribution < 1.29 is 22.7 Å². The van der Waals surface area contributed by atoms with Crippen LogP contribution in [0.15, 0.2) is 83.8 Å². The fraction of sp³-hybridized carbons (Fsp3) is 0.375. The van der Waals surface area contributed by atoms with Gasteiger partial charge in [-0.05, 0) is 81.1 Å². The van der Waals surface area contributed by atoms with Crippen molar-refractivity contribution in [3.8, 4) is 5.75 Å². The average Bonchev–Trinajstić information content (AvgIpc) is 2.94. The van der Waals surface area contributed by atoms with E-state index in [0.29, 0.717) is 11.4 Å². The summed E-state index contributed by atoms with van der Waals surface area (Å²) in [4.78, 5) is 28.7. The molecule has 9 heteroatoms. The third-order valence-corrected chi connectivity index (χ3v) is 8.42. The fourth-order valence-corrected chi connectivity index (χ4v) is 5.69. The second-order valence-corrected chi connectivity index (χ2v) is 13.2. The highest BCUT2D eigenvalue weighted by atomic mass is 32.2. The van der Waals surface area contributed by atoms with Gasteiger partial charge in [-0.15, -0.1) is 0 Å². The van der Waals surface area contributed by atoms with Gasteiger partial charge in [0.05, 0.1) is 17.7 Å². The van der Waals surface area contributed by atoms with Crippen molar-refractivity contribution >= 4 is 27.5 Å². The number of carbonyl (C=O) groups excluding carboxylic acids is 2. The second-order valence-electron chi connectivity index (χ2n) is 11.4. The van der Waals surface area contributed by atoms with Crippen LogP contribution < -0.4 is 14.4 Å². The van der Waals surface area contributed by atoms with E-state index in [0.717, 1.165) is 15.4 Å². The summed E-state index contributed by atoms with van der Waals surface area (Å²) in [6.07, 6.45) is 0. The molecule has 0 aromatic heterocycles. The molecule has 0 spiro atoms. The van der Waals surface area contributed by atoms with E-state index in [4.69, 9.17) is 4.74 Å². The monoisotopic (exact) mass is 579 g/mol. The van der Waals surface area contributed by atoms with Crippen LogP contribution in [0.2, 0.25) is 0 Å². The van der Waals surface area contributed by atoms with Gasteiger partial charge in [0.15, 0.2) is 0 Å². The summed E-state index contributed by atoms with van der Waals surface area (Å²) < 4.78 is 34.1. The molecule has 0 radical (unpaired) electrons. The zero-order valence-electron chi connectivity index (χ0n) is 24.9. The predicted octanol–water partition coefficient (Wildman–Crippen LogP) is 5.35. The van der Waals surface area contributed by atoms with Crippen LogP contribution in [0.1, 0.15) is 58.6 Å². The molecule has 1 N–H and O–H groups in total. The number of hydrogen-bond acceptors (Lipinski definition) is 5. The number of sulfonamides is 1. The molecule has 0 unspecified atom stereocenters. The van der Waals surface area contributed by atoms with Crippen LogP contribution in [-0.4, -0.2) is 50.4 Å². The Morgan fingerprint density at radius 2 is 1.46 bits per heavy atom. The summed E-state index contributed by atoms with van der Waals surface area (Å²) in [5, 5.41) is 2.93. The topological polar surface area (TPSA) is 96.0 Å². The van der Waals surface area contributed by atoms with E-state index >= 15 is 0 Å². The third-order valence-electron chi connectivity index (χ3n) is 6.64. The lowest BCUT2D eigenvalue weighted by atomic mass is 10.0. The molecule has 0 fully saturated rings. The Labute approximate surface area is 244 Å². The number of carbonyl (C=O) groups is 2. The molecule has 0 bridgehead atoms. The molecule has 0 saturated heterocycles. The van der Waals surface area contributed by atoms with Gasteiger partial charge in [-0.1, -0.05) is 56.3 Å². The van der Waals surface area contributed by atoms with E-state index in [1.807, 2.05) is 45.0 Å². The first kappa shape index (κ1) is 31.7. The van der Waals surface area contributed by atoms with Crippen molar-refractivity contribution in [1.29, 1.82) is 0 Å². The van der Waals surface area contributed by atoms with Crippen molar-refractivity contribution in [1.82, 2.24) is 10.2 Å². The molecule has 0 saturated carbocycles. The third kappa shape index (κ3) is 8.33. The number of rotatable bonds is 11. The first-order chi connectivity index (χ1) is 19.2. The van der Waals surface area contributed by atoms with Gasteiger partial charge >= 0.3 is 0 Å². The number of benzene rings is 3. The van der Waals surface area contributed by atoms with E-state index in [-0.39, 0.29) is 23.3 Å². The Balaban J connectivity index is 2.03. The Morgan fingerprint density at radius 1 is 0.878 bits per heavy atom. The molecule has 220 valence electrons. The smallest absolute Gasteiger partial charge is 0.264 e.